The Morgan fingerprint density at radius 1 is 1.00 bits per heavy atom. The monoisotopic (exact) mass is 391 g/mol. The summed E-state index contributed by atoms with van der Waals surface area (Å²) in [5.74, 6) is 0.835. The summed E-state index contributed by atoms with van der Waals surface area (Å²) >= 11 is 0. The van der Waals surface area contributed by atoms with Crippen LogP contribution in [0, 0.1) is 5.92 Å². The molecule has 1 aromatic rings. The third-order valence-electron chi connectivity index (χ3n) is 6.00. The number of hydrogen-bond donors (Lipinski definition) is 1. The second-order valence-electron chi connectivity index (χ2n) is 8.58. The third kappa shape index (κ3) is 8.50. The fourth-order valence-corrected chi connectivity index (χ4v) is 3.69. The molecule has 4 heteroatoms. The summed E-state index contributed by atoms with van der Waals surface area (Å²) in [6.07, 6.45) is 4.85. The summed E-state index contributed by atoms with van der Waals surface area (Å²) in [5.41, 5.74) is 2.72. The van der Waals surface area contributed by atoms with Crippen molar-refractivity contribution in [2.45, 2.75) is 66.0 Å². The van der Waals surface area contributed by atoms with Gasteiger partial charge in [-0.1, -0.05) is 32.4 Å². The van der Waals surface area contributed by atoms with Gasteiger partial charge in [0.2, 0.25) is 0 Å². The van der Waals surface area contributed by atoms with E-state index in [2.05, 4.69) is 67.1 Å². The van der Waals surface area contributed by atoms with Crippen LogP contribution in [-0.4, -0.2) is 56.9 Å². The van der Waals surface area contributed by atoms with Crippen molar-refractivity contribution in [3.8, 4) is 0 Å². The van der Waals surface area contributed by atoms with E-state index in [0.717, 1.165) is 51.7 Å². The van der Waals surface area contributed by atoms with Crippen molar-refractivity contribution >= 4 is 5.69 Å². The van der Waals surface area contributed by atoms with Crippen LogP contribution in [0.3, 0.4) is 0 Å². The van der Waals surface area contributed by atoms with Crippen molar-refractivity contribution in [1.29, 1.82) is 0 Å². The number of nitrogens with one attached hydrogen (secondary N) is 1. The predicted molar refractivity (Wildman–Crippen MR) is 123 cm³/mol. The van der Waals surface area contributed by atoms with E-state index < -0.39 is 0 Å². The van der Waals surface area contributed by atoms with Gasteiger partial charge in [0.1, 0.15) is 0 Å². The summed E-state index contributed by atoms with van der Waals surface area (Å²) in [6, 6.07) is 9.75. The van der Waals surface area contributed by atoms with Gasteiger partial charge in [0.15, 0.2) is 0 Å². The minimum Gasteiger partial charge on any atom is -0.381 e. The topological polar surface area (TPSA) is 27.7 Å². The first kappa shape index (κ1) is 23.2. The molecule has 1 saturated heterocycles. The Hall–Kier alpha value is -1.10. The van der Waals surface area contributed by atoms with Gasteiger partial charge < -0.3 is 15.0 Å². The normalized spacial score (nSPS) is 16.7. The second-order valence-corrected chi connectivity index (χ2v) is 8.58. The van der Waals surface area contributed by atoms with E-state index >= 15 is 0 Å². The van der Waals surface area contributed by atoms with E-state index in [1.165, 1.54) is 43.6 Å². The Balaban J connectivity index is 0.00000420. The minimum absolute atomic E-state index is 0. The number of benzene rings is 1. The molecule has 0 bridgehead atoms. The quantitative estimate of drug-likeness (QED) is 0.490. The van der Waals surface area contributed by atoms with Gasteiger partial charge in [-0.2, -0.15) is 0 Å². The molecule has 2 rings (SSSR count). The molecular formula is C24H45N3O. The number of piperazine rings is 1. The molecule has 0 radical (unpaired) electrons. The number of ether oxygens (including phenoxy) is 1. The lowest BCUT2D eigenvalue weighted by Gasteiger charge is -2.38. The van der Waals surface area contributed by atoms with Crippen molar-refractivity contribution in [3.63, 3.8) is 0 Å². The molecule has 1 heterocycles. The smallest absolute Gasteiger partial charge is 0.0478 e. The molecule has 1 N–H and O–H groups in total. The molecule has 162 valence electrons. The summed E-state index contributed by atoms with van der Waals surface area (Å²) in [7, 11) is 0. The summed E-state index contributed by atoms with van der Waals surface area (Å²) in [4.78, 5) is 5.07. The Kier molecular flexibility index (Phi) is 10.9. The molecular weight excluding hydrogens is 346 g/mol. The van der Waals surface area contributed by atoms with Crippen LogP contribution in [-0.2, 0) is 11.3 Å². The molecule has 1 unspecified atom stereocenters. The molecule has 0 spiro atoms. The SMILES string of the molecule is CCC(C)CCCOCCCNCc1ccc(N2CCN(C(C)C)CC2)cc1.[HH]. The molecule has 1 aliphatic rings. The van der Waals surface area contributed by atoms with Crippen molar-refractivity contribution in [2.75, 3.05) is 50.8 Å². The maximum Gasteiger partial charge on any atom is 0.0478 e. The first-order chi connectivity index (χ1) is 13.6. The summed E-state index contributed by atoms with van der Waals surface area (Å²) in [6.45, 7) is 17.5. The molecule has 0 saturated carbocycles. The average Bonchev–Trinajstić information content (AvgIpc) is 2.72. The van der Waals surface area contributed by atoms with Crippen LogP contribution in [0.4, 0.5) is 5.69 Å². The summed E-state index contributed by atoms with van der Waals surface area (Å²) in [5, 5.41) is 3.54. The van der Waals surface area contributed by atoms with Gasteiger partial charge in [0.05, 0.1) is 0 Å². The van der Waals surface area contributed by atoms with Crippen LogP contribution in [0.2, 0.25) is 0 Å². The fourth-order valence-electron chi connectivity index (χ4n) is 3.69. The lowest BCUT2D eigenvalue weighted by molar-refractivity contribution is 0.124. The van der Waals surface area contributed by atoms with Crippen LogP contribution < -0.4 is 10.2 Å². The van der Waals surface area contributed by atoms with E-state index in [1.807, 2.05) is 0 Å². The van der Waals surface area contributed by atoms with Gasteiger partial charge in [0.25, 0.3) is 0 Å². The van der Waals surface area contributed by atoms with E-state index in [-0.39, 0.29) is 1.43 Å². The van der Waals surface area contributed by atoms with Gasteiger partial charge in [-0.15, -0.1) is 0 Å². The van der Waals surface area contributed by atoms with Gasteiger partial charge in [0, 0.05) is 59.1 Å². The number of nitrogens with zero attached hydrogens (tertiary/aromatic N) is 2. The zero-order valence-corrected chi connectivity index (χ0v) is 18.8. The Bertz CT molecular complexity index is 515. The molecule has 1 fully saturated rings. The zero-order chi connectivity index (χ0) is 20.2. The first-order valence-corrected chi connectivity index (χ1v) is 11.5. The highest BCUT2D eigenvalue weighted by Gasteiger charge is 2.18. The molecule has 0 aliphatic carbocycles. The van der Waals surface area contributed by atoms with Crippen molar-refractivity contribution in [1.82, 2.24) is 10.2 Å². The minimum atomic E-state index is 0. The first-order valence-electron chi connectivity index (χ1n) is 11.5. The largest absolute Gasteiger partial charge is 0.381 e. The van der Waals surface area contributed by atoms with E-state index in [9.17, 15) is 0 Å². The maximum absolute atomic E-state index is 5.74. The number of rotatable bonds is 13. The lowest BCUT2D eigenvalue weighted by Crippen LogP contribution is -2.48. The van der Waals surface area contributed by atoms with Crippen LogP contribution in [0.5, 0.6) is 0 Å². The second kappa shape index (κ2) is 13.2. The lowest BCUT2D eigenvalue weighted by atomic mass is 10.0. The van der Waals surface area contributed by atoms with Crippen LogP contribution >= 0.6 is 0 Å². The van der Waals surface area contributed by atoms with E-state index in [0.29, 0.717) is 6.04 Å². The van der Waals surface area contributed by atoms with Crippen molar-refractivity contribution < 1.29 is 6.16 Å². The fraction of sp³-hybridized carbons (Fsp3) is 0.750. The highest BCUT2D eigenvalue weighted by atomic mass is 16.5. The molecule has 1 atom stereocenters. The van der Waals surface area contributed by atoms with Gasteiger partial charge >= 0.3 is 0 Å². The zero-order valence-electron chi connectivity index (χ0n) is 18.8. The molecule has 4 nitrogen and oxygen atoms in total. The molecule has 1 aromatic carbocycles. The maximum atomic E-state index is 5.74. The van der Waals surface area contributed by atoms with Crippen LogP contribution in [0.1, 0.15) is 60.4 Å². The van der Waals surface area contributed by atoms with Crippen LogP contribution in [0.15, 0.2) is 24.3 Å². The highest BCUT2D eigenvalue weighted by molar-refractivity contribution is 5.48. The Labute approximate surface area is 175 Å². The predicted octanol–water partition coefficient (Wildman–Crippen LogP) is 4.79. The van der Waals surface area contributed by atoms with E-state index in [1.54, 1.807) is 0 Å². The molecule has 1 aliphatic heterocycles. The standard InChI is InChI=1S/C24H43N3O.H2/c1-5-22(4)8-6-18-28-19-7-13-25-20-23-9-11-24(12-10-23)27-16-14-26(15-17-27)21(2)3;/h9-12,21-22,25H,5-8,13-20H2,1-4H3;1H. The van der Waals surface area contributed by atoms with Gasteiger partial charge in [-0.25, -0.2) is 0 Å². The average molecular weight is 392 g/mol. The molecule has 28 heavy (non-hydrogen) atoms. The number of anilines is 1. The van der Waals surface area contributed by atoms with E-state index in [4.69, 9.17) is 4.74 Å². The Morgan fingerprint density at radius 2 is 1.68 bits per heavy atom. The highest BCUT2D eigenvalue weighted by Crippen LogP contribution is 2.18. The van der Waals surface area contributed by atoms with Gasteiger partial charge in [-0.3, -0.25) is 4.90 Å². The van der Waals surface area contributed by atoms with Crippen LogP contribution in [0.25, 0.3) is 0 Å². The number of hydrogen-bond acceptors (Lipinski definition) is 4. The van der Waals surface area contributed by atoms with Gasteiger partial charge in [-0.05, 0) is 63.3 Å². The van der Waals surface area contributed by atoms with Crippen molar-refractivity contribution in [2.24, 2.45) is 5.92 Å². The third-order valence-corrected chi connectivity index (χ3v) is 6.00. The van der Waals surface area contributed by atoms with Crippen molar-refractivity contribution in [3.05, 3.63) is 29.8 Å². The Morgan fingerprint density at radius 3 is 2.32 bits per heavy atom. The molecule has 0 aromatic heterocycles. The molecule has 0 amide bonds. The summed E-state index contributed by atoms with van der Waals surface area (Å²) < 4.78 is 5.74.